The smallest absolute Gasteiger partial charge is 0.257 e. The summed E-state index contributed by atoms with van der Waals surface area (Å²) in [6, 6.07) is 5.65. The van der Waals surface area contributed by atoms with Gasteiger partial charge in [0.15, 0.2) is 0 Å². The van der Waals surface area contributed by atoms with Crippen LogP contribution in [0.25, 0.3) is 0 Å². The van der Waals surface area contributed by atoms with Crippen molar-refractivity contribution in [2.45, 2.75) is 31.7 Å². The maximum atomic E-state index is 12.4. The van der Waals surface area contributed by atoms with E-state index in [0.717, 1.165) is 5.01 Å². The molecule has 1 aromatic carbocycles. The van der Waals surface area contributed by atoms with Crippen LogP contribution in [0.4, 0.5) is 5.13 Å². The fourth-order valence-electron chi connectivity index (χ4n) is 1.74. The number of carbonyl (C=O) groups is 1. The predicted molar refractivity (Wildman–Crippen MR) is 89.1 cm³/mol. The minimum atomic E-state index is -3.55. The number of hydrogen-bond acceptors (Lipinski definition) is 6. The lowest BCUT2D eigenvalue weighted by Crippen LogP contribution is -2.33. The van der Waals surface area contributed by atoms with E-state index in [1.54, 1.807) is 20.8 Å². The van der Waals surface area contributed by atoms with Crippen LogP contribution in [0.5, 0.6) is 0 Å². The van der Waals surface area contributed by atoms with Crippen molar-refractivity contribution < 1.29 is 13.2 Å². The first-order valence-corrected chi connectivity index (χ1v) is 9.17. The third-order valence-corrected chi connectivity index (χ3v) is 6.07. The maximum Gasteiger partial charge on any atom is 0.257 e. The van der Waals surface area contributed by atoms with Gasteiger partial charge in [0.1, 0.15) is 5.01 Å². The highest BCUT2D eigenvalue weighted by atomic mass is 32.2. The molecule has 1 aromatic heterocycles. The average molecular weight is 354 g/mol. The number of aryl methyl sites for hydroxylation is 1. The zero-order chi connectivity index (χ0) is 17.2. The molecule has 0 fully saturated rings. The number of amides is 1. The molecule has 2 aromatic rings. The highest BCUT2D eigenvalue weighted by Crippen LogP contribution is 2.19. The fourth-order valence-corrected chi connectivity index (χ4v) is 3.69. The van der Waals surface area contributed by atoms with E-state index in [-0.39, 0.29) is 16.8 Å². The monoisotopic (exact) mass is 354 g/mol. The number of aromatic nitrogens is 2. The number of nitrogens with zero attached hydrogens (tertiary/aromatic N) is 3. The number of benzene rings is 1. The van der Waals surface area contributed by atoms with Crippen LogP contribution in [-0.4, -0.2) is 41.9 Å². The topological polar surface area (TPSA) is 92.3 Å². The predicted octanol–water partition coefficient (Wildman–Crippen LogP) is 2.13. The summed E-state index contributed by atoms with van der Waals surface area (Å²) in [6.07, 6.45) is 0. The molecule has 0 spiro atoms. The largest absolute Gasteiger partial charge is 0.296 e. The Morgan fingerprint density at radius 1 is 1.22 bits per heavy atom. The Hall–Kier alpha value is -1.84. The van der Waals surface area contributed by atoms with E-state index in [1.165, 1.54) is 47.0 Å². The molecule has 0 aliphatic rings. The van der Waals surface area contributed by atoms with Crippen molar-refractivity contribution in [1.29, 1.82) is 0 Å². The van der Waals surface area contributed by atoms with Crippen LogP contribution >= 0.6 is 11.3 Å². The number of hydrogen-bond donors (Lipinski definition) is 1. The quantitative estimate of drug-likeness (QED) is 0.888. The van der Waals surface area contributed by atoms with Crippen molar-refractivity contribution in [3.63, 3.8) is 0 Å². The summed E-state index contributed by atoms with van der Waals surface area (Å²) in [5.74, 6) is -0.359. The first kappa shape index (κ1) is 17.5. The van der Waals surface area contributed by atoms with Crippen molar-refractivity contribution in [3.05, 3.63) is 34.8 Å². The van der Waals surface area contributed by atoms with Gasteiger partial charge in [-0.25, -0.2) is 8.42 Å². The molecule has 2 rings (SSSR count). The van der Waals surface area contributed by atoms with E-state index >= 15 is 0 Å². The number of anilines is 1. The van der Waals surface area contributed by atoms with Gasteiger partial charge in [0.2, 0.25) is 15.2 Å². The second kappa shape index (κ2) is 6.73. The van der Waals surface area contributed by atoms with Crippen LogP contribution in [0, 0.1) is 6.92 Å². The van der Waals surface area contributed by atoms with Gasteiger partial charge in [0.25, 0.3) is 5.91 Å². The van der Waals surface area contributed by atoms with Gasteiger partial charge in [0, 0.05) is 18.7 Å². The highest BCUT2D eigenvalue weighted by molar-refractivity contribution is 7.89. The lowest BCUT2D eigenvalue weighted by Gasteiger charge is -2.20. The van der Waals surface area contributed by atoms with Crippen LogP contribution < -0.4 is 5.32 Å². The second-order valence-corrected chi connectivity index (χ2v) is 8.40. The van der Waals surface area contributed by atoms with Crippen LogP contribution in [0.1, 0.15) is 29.2 Å². The standard InChI is InChI=1S/C14H18N4O3S2/c1-9(2)18(4)23(20,21)12-7-5-11(6-8-12)13(19)15-14-17-16-10(3)22-14/h5-9H,1-4H3,(H,15,17,19). The first-order chi connectivity index (χ1) is 10.7. The van der Waals surface area contributed by atoms with Gasteiger partial charge in [-0.15, -0.1) is 10.2 Å². The molecule has 7 nitrogen and oxygen atoms in total. The minimum absolute atomic E-state index is 0.149. The van der Waals surface area contributed by atoms with E-state index < -0.39 is 10.0 Å². The Bertz CT molecular complexity index is 798. The van der Waals surface area contributed by atoms with E-state index in [2.05, 4.69) is 15.5 Å². The van der Waals surface area contributed by atoms with E-state index in [9.17, 15) is 13.2 Å². The van der Waals surface area contributed by atoms with Crippen molar-refractivity contribution in [2.24, 2.45) is 0 Å². The van der Waals surface area contributed by atoms with Crippen LogP contribution in [-0.2, 0) is 10.0 Å². The molecule has 0 radical (unpaired) electrons. The average Bonchev–Trinajstić information content (AvgIpc) is 2.91. The second-order valence-electron chi connectivity index (χ2n) is 5.22. The van der Waals surface area contributed by atoms with Gasteiger partial charge >= 0.3 is 0 Å². The molecule has 1 N–H and O–H groups in total. The molecule has 0 atom stereocenters. The third kappa shape index (κ3) is 3.92. The van der Waals surface area contributed by atoms with E-state index in [1.807, 2.05) is 0 Å². The zero-order valence-corrected chi connectivity index (χ0v) is 14.9. The van der Waals surface area contributed by atoms with Gasteiger partial charge < -0.3 is 0 Å². The molecule has 124 valence electrons. The minimum Gasteiger partial charge on any atom is -0.296 e. The van der Waals surface area contributed by atoms with Gasteiger partial charge in [0.05, 0.1) is 4.90 Å². The molecular weight excluding hydrogens is 336 g/mol. The Balaban J connectivity index is 2.17. The SMILES string of the molecule is Cc1nnc(NC(=O)c2ccc(S(=O)(=O)N(C)C(C)C)cc2)s1. The zero-order valence-electron chi connectivity index (χ0n) is 13.3. The summed E-state index contributed by atoms with van der Waals surface area (Å²) >= 11 is 1.27. The summed E-state index contributed by atoms with van der Waals surface area (Å²) in [6.45, 7) is 5.38. The normalized spacial score (nSPS) is 11.9. The Morgan fingerprint density at radius 3 is 2.30 bits per heavy atom. The molecule has 0 saturated carbocycles. The molecule has 1 amide bonds. The van der Waals surface area contributed by atoms with Crippen molar-refractivity contribution in [3.8, 4) is 0 Å². The van der Waals surface area contributed by atoms with Crippen molar-refractivity contribution in [1.82, 2.24) is 14.5 Å². The van der Waals surface area contributed by atoms with Crippen LogP contribution in [0.15, 0.2) is 29.2 Å². The fraction of sp³-hybridized carbons (Fsp3) is 0.357. The lowest BCUT2D eigenvalue weighted by atomic mass is 10.2. The molecule has 0 unspecified atom stereocenters. The Morgan fingerprint density at radius 2 is 1.83 bits per heavy atom. The number of nitrogens with one attached hydrogen (secondary N) is 1. The number of rotatable bonds is 5. The Kier molecular flexibility index (Phi) is 5.12. The van der Waals surface area contributed by atoms with Crippen molar-refractivity contribution in [2.75, 3.05) is 12.4 Å². The summed E-state index contributed by atoms with van der Waals surface area (Å²) in [4.78, 5) is 12.2. The molecule has 0 bridgehead atoms. The van der Waals surface area contributed by atoms with Crippen LogP contribution in [0.2, 0.25) is 0 Å². The molecule has 0 saturated heterocycles. The number of sulfonamides is 1. The van der Waals surface area contributed by atoms with Crippen molar-refractivity contribution >= 4 is 32.4 Å². The molecule has 0 aliphatic carbocycles. The van der Waals surface area contributed by atoms with Gasteiger partial charge in [-0.2, -0.15) is 4.31 Å². The molecule has 0 aliphatic heterocycles. The summed E-state index contributed by atoms with van der Waals surface area (Å²) < 4.78 is 26.0. The third-order valence-electron chi connectivity index (χ3n) is 3.27. The molecule has 9 heteroatoms. The van der Waals surface area contributed by atoms with Gasteiger partial charge in [-0.1, -0.05) is 11.3 Å². The number of carbonyl (C=O) groups excluding carboxylic acids is 1. The lowest BCUT2D eigenvalue weighted by molar-refractivity contribution is 0.102. The summed E-state index contributed by atoms with van der Waals surface area (Å²) in [5.41, 5.74) is 0.351. The maximum absolute atomic E-state index is 12.4. The summed E-state index contributed by atoms with van der Waals surface area (Å²) in [5, 5.41) is 11.4. The summed E-state index contributed by atoms with van der Waals surface area (Å²) in [7, 11) is -2.03. The van der Waals surface area contributed by atoms with Gasteiger partial charge in [-0.3, -0.25) is 10.1 Å². The van der Waals surface area contributed by atoms with E-state index in [0.29, 0.717) is 10.7 Å². The first-order valence-electron chi connectivity index (χ1n) is 6.91. The molecular formula is C14H18N4O3S2. The van der Waals surface area contributed by atoms with E-state index in [4.69, 9.17) is 0 Å². The highest BCUT2D eigenvalue weighted by Gasteiger charge is 2.23. The van der Waals surface area contributed by atoms with Crippen LogP contribution in [0.3, 0.4) is 0 Å². The van der Waals surface area contributed by atoms with Gasteiger partial charge in [-0.05, 0) is 45.0 Å². The Labute approximate surface area is 139 Å². The molecule has 1 heterocycles. The molecule has 23 heavy (non-hydrogen) atoms.